The van der Waals surface area contributed by atoms with E-state index in [0.717, 1.165) is 29.7 Å². The highest BCUT2D eigenvalue weighted by atomic mass is 31.2. The van der Waals surface area contributed by atoms with E-state index in [4.69, 9.17) is 0 Å². The summed E-state index contributed by atoms with van der Waals surface area (Å²) in [5.41, 5.74) is 1.35. The molecule has 0 radical (unpaired) electrons. The van der Waals surface area contributed by atoms with Crippen LogP contribution in [0, 0.1) is 5.82 Å². The Balaban J connectivity index is 1.45. The molecule has 3 aromatic rings. The minimum absolute atomic E-state index is 0.226. The molecule has 1 aromatic heterocycles. The minimum Gasteiger partial charge on any atom is -0.318 e. The number of rotatable bonds is 4. The van der Waals surface area contributed by atoms with Crippen LogP contribution in [0.1, 0.15) is 24.1 Å². The Morgan fingerprint density at radius 1 is 1.10 bits per heavy atom. The second-order valence-electron chi connectivity index (χ2n) is 8.11. The van der Waals surface area contributed by atoms with Crippen LogP contribution in [0.2, 0.25) is 0 Å². The van der Waals surface area contributed by atoms with E-state index < -0.39 is 7.14 Å². The molecule has 0 unspecified atom stereocenters. The summed E-state index contributed by atoms with van der Waals surface area (Å²) in [5.74, 6) is -0.378. The van der Waals surface area contributed by atoms with E-state index in [9.17, 15) is 13.8 Å². The van der Waals surface area contributed by atoms with Gasteiger partial charge in [0.15, 0.2) is 0 Å². The van der Waals surface area contributed by atoms with Gasteiger partial charge in [-0.3, -0.25) is 9.69 Å². The first kappa shape index (κ1) is 18.7. The summed E-state index contributed by atoms with van der Waals surface area (Å²) in [4.78, 5) is 14.4. The third kappa shape index (κ3) is 3.56. The molecule has 0 bridgehead atoms. The molecule has 7 heteroatoms. The Hall–Kier alpha value is -2.30. The van der Waals surface area contributed by atoms with Gasteiger partial charge in [0.05, 0.1) is 11.1 Å². The van der Waals surface area contributed by atoms with Crippen molar-refractivity contribution in [1.82, 2.24) is 15.1 Å². The van der Waals surface area contributed by atoms with E-state index in [1.165, 1.54) is 18.9 Å². The van der Waals surface area contributed by atoms with Crippen LogP contribution in [0.25, 0.3) is 10.8 Å². The highest BCUT2D eigenvalue weighted by molar-refractivity contribution is 7.71. The van der Waals surface area contributed by atoms with Gasteiger partial charge in [0.2, 0.25) is 0 Å². The number of nitrogens with zero attached hydrogens (tertiary/aromatic N) is 2. The Labute approximate surface area is 168 Å². The van der Waals surface area contributed by atoms with Crippen molar-refractivity contribution < 1.29 is 8.96 Å². The highest BCUT2D eigenvalue weighted by Crippen LogP contribution is 2.48. The molecule has 2 heterocycles. The number of nitrogens with one attached hydrogen (secondary N) is 1. The molecular weight excluding hydrogens is 388 g/mol. The number of aromatic nitrogens is 2. The fourth-order valence-electron chi connectivity index (χ4n) is 4.33. The van der Waals surface area contributed by atoms with Crippen LogP contribution in [0.4, 0.5) is 4.39 Å². The molecule has 1 saturated carbocycles. The predicted octanol–water partition coefficient (Wildman–Crippen LogP) is 3.12. The first-order chi connectivity index (χ1) is 14.0. The number of benzene rings is 2. The van der Waals surface area contributed by atoms with Crippen molar-refractivity contribution in [3.63, 3.8) is 0 Å². The van der Waals surface area contributed by atoms with E-state index in [2.05, 4.69) is 15.1 Å². The van der Waals surface area contributed by atoms with E-state index in [-0.39, 0.29) is 11.4 Å². The average molecular weight is 411 g/mol. The number of H-pyrrole nitrogens is 1. The SMILES string of the molecule is O=c1[nH]nc(Cc2ccc(F)c(P3(=O)CCN(C4CC4)CC3)c2)c2ccccc12. The smallest absolute Gasteiger partial charge is 0.272 e. The summed E-state index contributed by atoms with van der Waals surface area (Å²) in [5, 5.41) is 8.50. The van der Waals surface area contributed by atoms with Crippen molar-refractivity contribution in [2.45, 2.75) is 25.3 Å². The van der Waals surface area contributed by atoms with E-state index in [0.29, 0.717) is 35.5 Å². The fraction of sp³-hybridized carbons (Fsp3) is 0.364. The Bertz CT molecular complexity index is 1180. The third-order valence-electron chi connectivity index (χ3n) is 6.16. The summed E-state index contributed by atoms with van der Waals surface area (Å²) >= 11 is 0. The lowest BCUT2D eigenvalue weighted by molar-refractivity contribution is 0.285. The Morgan fingerprint density at radius 2 is 1.83 bits per heavy atom. The monoisotopic (exact) mass is 411 g/mol. The number of fused-ring (bicyclic) bond motifs is 1. The number of halogens is 1. The van der Waals surface area contributed by atoms with Gasteiger partial charge >= 0.3 is 0 Å². The van der Waals surface area contributed by atoms with Crippen LogP contribution >= 0.6 is 7.14 Å². The molecule has 2 aliphatic rings. The topological polar surface area (TPSA) is 66.1 Å². The largest absolute Gasteiger partial charge is 0.318 e. The van der Waals surface area contributed by atoms with Gasteiger partial charge in [-0.25, -0.2) is 9.49 Å². The van der Waals surface area contributed by atoms with E-state index >= 15 is 0 Å². The maximum atomic E-state index is 14.7. The van der Waals surface area contributed by atoms with Crippen molar-refractivity contribution in [3.05, 3.63) is 69.9 Å². The van der Waals surface area contributed by atoms with Gasteiger partial charge in [-0.2, -0.15) is 5.10 Å². The van der Waals surface area contributed by atoms with Gasteiger partial charge in [-0.15, -0.1) is 0 Å². The maximum absolute atomic E-state index is 14.7. The normalized spacial score (nSPS) is 19.5. The zero-order chi connectivity index (χ0) is 20.0. The lowest BCUT2D eigenvalue weighted by Crippen LogP contribution is -2.38. The predicted molar refractivity (Wildman–Crippen MR) is 113 cm³/mol. The van der Waals surface area contributed by atoms with Gasteiger partial charge in [0, 0.05) is 48.6 Å². The van der Waals surface area contributed by atoms with Gasteiger partial charge in [0.25, 0.3) is 5.56 Å². The van der Waals surface area contributed by atoms with Crippen molar-refractivity contribution in [1.29, 1.82) is 0 Å². The Kier molecular flexibility index (Phi) is 4.64. The van der Waals surface area contributed by atoms with Crippen molar-refractivity contribution in [3.8, 4) is 0 Å². The summed E-state index contributed by atoms with van der Waals surface area (Å²) in [6.07, 6.45) is 3.99. The van der Waals surface area contributed by atoms with Gasteiger partial charge in [0.1, 0.15) is 13.0 Å². The summed E-state index contributed by atoms with van der Waals surface area (Å²) in [6, 6.07) is 12.9. The van der Waals surface area contributed by atoms with Crippen LogP contribution in [-0.2, 0) is 11.0 Å². The lowest BCUT2D eigenvalue weighted by atomic mass is 10.0. The molecule has 150 valence electrons. The molecule has 1 saturated heterocycles. The molecule has 1 aliphatic heterocycles. The van der Waals surface area contributed by atoms with Crippen molar-refractivity contribution in [2.24, 2.45) is 0 Å². The van der Waals surface area contributed by atoms with Gasteiger partial charge < -0.3 is 4.57 Å². The zero-order valence-electron chi connectivity index (χ0n) is 16.1. The second kappa shape index (κ2) is 7.19. The molecule has 5 nitrogen and oxygen atoms in total. The van der Waals surface area contributed by atoms with Crippen molar-refractivity contribution >= 4 is 23.2 Å². The minimum atomic E-state index is -2.74. The van der Waals surface area contributed by atoms with Gasteiger partial charge in [-0.05, 0) is 36.6 Å². The molecule has 5 rings (SSSR count). The molecule has 0 amide bonds. The van der Waals surface area contributed by atoms with Crippen LogP contribution in [0.3, 0.4) is 0 Å². The number of hydrogen-bond donors (Lipinski definition) is 1. The molecule has 0 spiro atoms. The highest BCUT2D eigenvalue weighted by Gasteiger charge is 2.38. The van der Waals surface area contributed by atoms with Gasteiger partial charge in [-0.1, -0.05) is 24.3 Å². The molecule has 2 fully saturated rings. The van der Waals surface area contributed by atoms with Crippen LogP contribution in [0.15, 0.2) is 47.3 Å². The standard InChI is InChI=1S/C22H23FN3O2P/c23-19-8-5-15(13-20-17-3-1-2-4-18(17)22(27)25-24-20)14-21(19)29(28)11-9-26(10-12-29)16-6-7-16/h1-5,8,14,16H,6-7,9-13H2,(H,25,27). The summed E-state index contributed by atoms with van der Waals surface area (Å²) in [6.45, 7) is 1.58. The van der Waals surface area contributed by atoms with E-state index in [1.54, 1.807) is 18.2 Å². The van der Waals surface area contributed by atoms with Crippen molar-refractivity contribution in [2.75, 3.05) is 25.4 Å². The third-order valence-corrected chi connectivity index (χ3v) is 9.22. The number of aromatic amines is 1. The average Bonchev–Trinajstić information content (AvgIpc) is 3.57. The molecule has 29 heavy (non-hydrogen) atoms. The first-order valence-corrected chi connectivity index (χ1v) is 12.2. The molecule has 2 aromatic carbocycles. The fourth-order valence-corrected chi connectivity index (χ4v) is 7.06. The molecule has 0 atom stereocenters. The maximum Gasteiger partial charge on any atom is 0.272 e. The lowest BCUT2D eigenvalue weighted by Gasteiger charge is -2.32. The van der Waals surface area contributed by atoms with Crippen LogP contribution < -0.4 is 10.9 Å². The molecule has 1 aliphatic carbocycles. The van der Waals surface area contributed by atoms with Crippen LogP contribution in [-0.4, -0.2) is 46.6 Å². The quantitative estimate of drug-likeness (QED) is 0.670. The first-order valence-electron chi connectivity index (χ1n) is 10.1. The second-order valence-corrected chi connectivity index (χ2v) is 11.3. The van der Waals surface area contributed by atoms with E-state index in [1.807, 2.05) is 18.2 Å². The molecular formula is C22H23FN3O2P. The summed E-state index contributed by atoms with van der Waals surface area (Å²) in [7, 11) is -2.74. The zero-order valence-corrected chi connectivity index (χ0v) is 17.0. The molecule has 1 N–H and O–H groups in total. The Morgan fingerprint density at radius 3 is 2.55 bits per heavy atom. The summed E-state index contributed by atoms with van der Waals surface area (Å²) < 4.78 is 28.2. The van der Waals surface area contributed by atoms with Crippen LogP contribution in [0.5, 0.6) is 0 Å². The number of hydrogen-bond acceptors (Lipinski definition) is 4.